The van der Waals surface area contributed by atoms with E-state index in [1.165, 1.54) is 42.4 Å². The van der Waals surface area contributed by atoms with E-state index in [-0.39, 0.29) is 6.04 Å². The van der Waals surface area contributed by atoms with Crippen LogP contribution in [0, 0.1) is 5.92 Å². The van der Waals surface area contributed by atoms with Crippen LogP contribution in [0.2, 0.25) is 0 Å². The van der Waals surface area contributed by atoms with Crippen molar-refractivity contribution in [1.29, 1.82) is 0 Å². The summed E-state index contributed by atoms with van der Waals surface area (Å²) < 4.78 is 0. The van der Waals surface area contributed by atoms with Gasteiger partial charge in [0.25, 0.3) is 0 Å². The van der Waals surface area contributed by atoms with Crippen molar-refractivity contribution in [3.05, 3.63) is 16.1 Å². The quantitative estimate of drug-likeness (QED) is 0.896. The van der Waals surface area contributed by atoms with Gasteiger partial charge in [0.2, 0.25) is 0 Å². The minimum atomic E-state index is 0.125. The molecule has 2 atom stereocenters. The van der Waals surface area contributed by atoms with Crippen LogP contribution >= 0.6 is 11.3 Å². The van der Waals surface area contributed by atoms with Gasteiger partial charge in [0.15, 0.2) is 0 Å². The maximum Gasteiger partial charge on any atom is 0.0931 e. The van der Waals surface area contributed by atoms with Crippen LogP contribution in [-0.4, -0.2) is 29.5 Å². The van der Waals surface area contributed by atoms with Crippen LogP contribution in [0.1, 0.15) is 42.6 Å². The molecule has 1 fully saturated rings. The molecule has 1 aromatic rings. The standard InChI is InChI=1S/C13H23N3S/c1-3-16-6-4-5-11(9-16)7-13-15-8-12(17-13)10(2)14/h8,10-11H,3-7,9,14H2,1-2H3. The lowest BCUT2D eigenvalue weighted by molar-refractivity contribution is 0.182. The van der Waals surface area contributed by atoms with Crippen LogP contribution in [0.4, 0.5) is 0 Å². The highest BCUT2D eigenvalue weighted by Crippen LogP contribution is 2.25. The number of thiazole rings is 1. The molecule has 1 aromatic heterocycles. The van der Waals surface area contributed by atoms with Crippen LogP contribution in [-0.2, 0) is 6.42 Å². The van der Waals surface area contributed by atoms with E-state index in [2.05, 4.69) is 16.8 Å². The number of rotatable bonds is 4. The molecule has 1 saturated heterocycles. The first-order chi connectivity index (χ1) is 8.19. The molecule has 4 heteroatoms. The second-order valence-corrected chi connectivity index (χ2v) is 6.20. The predicted molar refractivity (Wildman–Crippen MR) is 73.3 cm³/mol. The van der Waals surface area contributed by atoms with E-state index >= 15 is 0 Å². The van der Waals surface area contributed by atoms with Crippen LogP contribution in [0.25, 0.3) is 0 Å². The van der Waals surface area contributed by atoms with Gasteiger partial charge in [-0.1, -0.05) is 6.92 Å². The third-order valence-corrected chi connectivity index (χ3v) is 4.75. The Balaban J connectivity index is 1.91. The van der Waals surface area contributed by atoms with E-state index in [9.17, 15) is 0 Å². The molecule has 2 rings (SSSR count). The lowest BCUT2D eigenvalue weighted by Gasteiger charge is -2.31. The molecule has 0 radical (unpaired) electrons. The molecule has 0 amide bonds. The summed E-state index contributed by atoms with van der Waals surface area (Å²) in [6.45, 7) is 7.97. The van der Waals surface area contributed by atoms with Crippen LogP contribution in [0.15, 0.2) is 6.20 Å². The predicted octanol–water partition coefficient (Wildman–Crippen LogP) is 2.44. The summed E-state index contributed by atoms with van der Waals surface area (Å²) in [5.74, 6) is 0.788. The van der Waals surface area contributed by atoms with Crippen molar-refractivity contribution in [2.24, 2.45) is 11.7 Å². The van der Waals surface area contributed by atoms with Gasteiger partial charge in [-0.25, -0.2) is 4.98 Å². The molecule has 2 unspecified atom stereocenters. The zero-order valence-electron chi connectivity index (χ0n) is 10.9. The van der Waals surface area contributed by atoms with E-state index in [0.29, 0.717) is 0 Å². The van der Waals surface area contributed by atoms with E-state index < -0.39 is 0 Å². The highest BCUT2D eigenvalue weighted by Gasteiger charge is 2.20. The first kappa shape index (κ1) is 13.0. The third-order valence-electron chi connectivity index (χ3n) is 3.53. The van der Waals surface area contributed by atoms with Gasteiger partial charge in [0.1, 0.15) is 0 Å². The largest absolute Gasteiger partial charge is 0.323 e. The molecular formula is C13H23N3S. The fraction of sp³-hybridized carbons (Fsp3) is 0.769. The number of hydrogen-bond donors (Lipinski definition) is 1. The van der Waals surface area contributed by atoms with Crippen molar-refractivity contribution in [1.82, 2.24) is 9.88 Å². The second kappa shape index (κ2) is 5.94. The molecule has 3 nitrogen and oxygen atoms in total. The molecule has 1 aliphatic rings. The minimum Gasteiger partial charge on any atom is -0.323 e. The average molecular weight is 253 g/mol. The van der Waals surface area contributed by atoms with Crippen molar-refractivity contribution in [2.45, 2.75) is 39.2 Å². The van der Waals surface area contributed by atoms with Crippen molar-refractivity contribution in [2.75, 3.05) is 19.6 Å². The van der Waals surface area contributed by atoms with Gasteiger partial charge in [0, 0.05) is 30.1 Å². The molecular weight excluding hydrogens is 230 g/mol. The summed E-state index contributed by atoms with van der Waals surface area (Å²) in [5, 5.41) is 1.26. The normalized spacial score (nSPS) is 23.8. The summed E-state index contributed by atoms with van der Waals surface area (Å²) in [6.07, 6.45) is 5.77. The highest BCUT2D eigenvalue weighted by molar-refractivity contribution is 7.11. The summed E-state index contributed by atoms with van der Waals surface area (Å²) in [5.41, 5.74) is 5.87. The highest BCUT2D eigenvalue weighted by atomic mass is 32.1. The van der Waals surface area contributed by atoms with Gasteiger partial charge >= 0.3 is 0 Å². The third kappa shape index (κ3) is 3.50. The van der Waals surface area contributed by atoms with Crippen LogP contribution in [0.5, 0.6) is 0 Å². The van der Waals surface area contributed by atoms with Crippen LogP contribution in [0.3, 0.4) is 0 Å². The molecule has 2 N–H and O–H groups in total. The number of piperidine rings is 1. The zero-order valence-corrected chi connectivity index (χ0v) is 11.7. The molecule has 2 heterocycles. The first-order valence-corrected chi connectivity index (χ1v) is 7.43. The number of nitrogens with two attached hydrogens (primary N) is 1. The molecule has 1 aliphatic heterocycles. The Kier molecular flexibility index (Phi) is 4.54. The zero-order chi connectivity index (χ0) is 12.3. The number of hydrogen-bond acceptors (Lipinski definition) is 4. The van der Waals surface area contributed by atoms with Crippen molar-refractivity contribution >= 4 is 11.3 Å². The Labute approximate surface area is 108 Å². The van der Waals surface area contributed by atoms with Crippen molar-refractivity contribution < 1.29 is 0 Å². The maximum atomic E-state index is 5.87. The van der Waals surface area contributed by atoms with Gasteiger partial charge < -0.3 is 10.6 Å². The summed E-state index contributed by atoms with van der Waals surface area (Å²) in [7, 11) is 0. The van der Waals surface area contributed by atoms with Gasteiger partial charge in [0.05, 0.1) is 5.01 Å². The SMILES string of the molecule is CCN1CCCC(Cc2ncc(C(C)N)s2)C1. The van der Waals surface area contributed by atoms with E-state index in [4.69, 9.17) is 5.73 Å². The molecule has 0 spiro atoms. The maximum absolute atomic E-state index is 5.87. The Morgan fingerprint density at radius 3 is 3.12 bits per heavy atom. The molecule has 0 saturated carbocycles. The van der Waals surface area contributed by atoms with Gasteiger partial charge in [-0.2, -0.15) is 0 Å². The molecule has 0 bridgehead atoms. The molecule has 0 aromatic carbocycles. The van der Waals surface area contributed by atoms with E-state index in [1.807, 2.05) is 13.1 Å². The molecule has 17 heavy (non-hydrogen) atoms. The van der Waals surface area contributed by atoms with Crippen molar-refractivity contribution in [3.8, 4) is 0 Å². The van der Waals surface area contributed by atoms with Gasteiger partial charge in [-0.3, -0.25) is 0 Å². The topological polar surface area (TPSA) is 42.2 Å². The average Bonchev–Trinajstić information content (AvgIpc) is 2.78. The Hall–Kier alpha value is -0.450. The van der Waals surface area contributed by atoms with Crippen LogP contribution < -0.4 is 5.73 Å². The lowest BCUT2D eigenvalue weighted by atomic mass is 9.95. The lowest BCUT2D eigenvalue weighted by Crippen LogP contribution is -2.35. The Morgan fingerprint density at radius 2 is 2.47 bits per heavy atom. The summed E-state index contributed by atoms with van der Waals surface area (Å²) in [4.78, 5) is 8.26. The summed E-state index contributed by atoms with van der Waals surface area (Å²) >= 11 is 1.79. The summed E-state index contributed by atoms with van der Waals surface area (Å²) in [6, 6.07) is 0.125. The fourth-order valence-corrected chi connectivity index (χ4v) is 3.47. The number of likely N-dealkylation sites (tertiary alicyclic amines) is 1. The first-order valence-electron chi connectivity index (χ1n) is 6.61. The minimum absolute atomic E-state index is 0.125. The molecule has 0 aliphatic carbocycles. The molecule has 96 valence electrons. The van der Waals surface area contributed by atoms with Gasteiger partial charge in [-0.05, 0) is 38.8 Å². The number of nitrogens with zero attached hydrogens (tertiary/aromatic N) is 2. The van der Waals surface area contributed by atoms with E-state index in [1.54, 1.807) is 11.3 Å². The fourth-order valence-electron chi connectivity index (χ4n) is 2.48. The second-order valence-electron chi connectivity index (χ2n) is 5.05. The van der Waals surface area contributed by atoms with Gasteiger partial charge in [-0.15, -0.1) is 11.3 Å². The Bertz CT molecular complexity index is 348. The van der Waals surface area contributed by atoms with Crippen molar-refractivity contribution in [3.63, 3.8) is 0 Å². The smallest absolute Gasteiger partial charge is 0.0931 e. The number of aromatic nitrogens is 1. The monoisotopic (exact) mass is 253 g/mol. The Morgan fingerprint density at radius 1 is 1.65 bits per heavy atom. The van der Waals surface area contributed by atoms with E-state index in [0.717, 1.165) is 12.3 Å².